The van der Waals surface area contributed by atoms with Crippen LogP contribution in [-0.4, -0.2) is 31.7 Å². The van der Waals surface area contributed by atoms with Crippen molar-refractivity contribution < 1.29 is 13.2 Å². The molecule has 0 saturated heterocycles. The number of benzene rings is 1. The van der Waals surface area contributed by atoms with Crippen LogP contribution in [0.4, 0.5) is 5.69 Å². The van der Waals surface area contributed by atoms with Crippen molar-refractivity contribution in [2.24, 2.45) is 0 Å². The van der Waals surface area contributed by atoms with Gasteiger partial charge in [0.1, 0.15) is 4.90 Å². The van der Waals surface area contributed by atoms with E-state index in [1.54, 1.807) is 26.0 Å². The van der Waals surface area contributed by atoms with Crippen molar-refractivity contribution in [1.29, 1.82) is 0 Å². The molecule has 0 unspecified atom stereocenters. The largest absolute Gasteiger partial charge is 0.326 e. The molecule has 1 N–H and O–H groups in total. The van der Waals surface area contributed by atoms with Gasteiger partial charge in [0.15, 0.2) is 0 Å². The van der Waals surface area contributed by atoms with Crippen LogP contribution in [0.2, 0.25) is 9.36 Å². The Morgan fingerprint density at radius 1 is 1.15 bits per heavy atom. The van der Waals surface area contributed by atoms with Crippen LogP contribution in [0.25, 0.3) is 0 Å². The van der Waals surface area contributed by atoms with Gasteiger partial charge in [-0.25, -0.2) is 8.42 Å². The van der Waals surface area contributed by atoms with Gasteiger partial charge in [0, 0.05) is 30.1 Å². The molecular formula is C17H20Cl2N2O3S2. The lowest BCUT2D eigenvalue weighted by Gasteiger charge is -2.19. The number of amides is 1. The van der Waals surface area contributed by atoms with Crippen LogP contribution in [-0.2, 0) is 21.2 Å². The molecule has 5 nitrogen and oxygen atoms in total. The molecule has 1 aromatic heterocycles. The maximum absolute atomic E-state index is 12.7. The molecule has 0 spiro atoms. The van der Waals surface area contributed by atoms with Gasteiger partial charge < -0.3 is 5.32 Å². The van der Waals surface area contributed by atoms with E-state index in [-0.39, 0.29) is 22.2 Å². The molecule has 142 valence electrons. The highest BCUT2D eigenvalue weighted by Crippen LogP contribution is 2.28. The third-order valence-electron chi connectivity index (χ3n) is 3.77. The van der Waals surface area contributed by atoms with E-state index in [4.69, 9.17) is 23.2 Å². The van der Waals surface area contributed by atoms with Gasteiger partial charge in [-0.15, -0.1) is 11.3 Å². The molecule has 0 atom stereocenters. The molecule has 0 aliphatic heterocycles. The average Bonchev–Trinajstić information content (AvgIpc) is 3.01. The number of carbonyl (C=O) groups excluding carboxylic acids is 1. The summed E-state index contributed by atoms with van der Waals surface area (Å²) in [6.07, 6.45) is 0.846. The smallest absolute Gasteiger partial charge is 0.244 e. The number of halogens is 2. The maximum atomic E-state index is 12.7. The quantitative estimate of drug-likeness (QED) is 0.656. The van der Waals surface area contributed by atoms with Crippen LogP contribution < -0.4 is 5.32 Å². The lowest BCUT2D eigenvalue weighted by molar-refractivity contribution is -0.116. The summed E-state index contributed by atoms with van der Waals surface area (Å²) in [6.45, 7) is 4.21. The van der Waals surface area contributed by atoms with E-state index < -0.39 is 10.0 Å². The molecule has 0 bridgehead atoms. The first-order valence-electron chi connectivity index (χ1n) is 8.11. The Hall–Kier alpha value is -1.12. The molecular weight excluding hydrogens is 415 g/mol. The zero-order valence-corrected chi connectivity index (χ0v) is 17.6. The summed E-state index contributed by atoms with van der Waals surface area (Å²) >= 11 is 13.4. The Morgan fingerprint density at radius 3 is 2.42 bits per heavy atom. The number of sulfonamides is 1. The van der Waals surface area contributed by atoms with Gasteiger partial charge in [-0.05, 0) is 36.8 Å². The fraction of sp³-hybridized carbons (Fsp3) is 0.353. The summed E-state index contributed by atoms with van der Waals surface area (Å²) in [5.74, 6) is -0.206. The first-order chi connectivity index (χ1) is 12.3. The summed E-state index contributed by atoms with van der Waals surface area (Å²) in [5, 5.41) is 2.85. The number of thiophene rings is 1. The molecule has 1 amide bonds. The Kier molecular flexibility index (Phi) is 7.49. The number of nitrogens with zero attached hydrogens (tertiary/aromatic N) is 1. The van der Waals surface area contributed by atoms with Crippen LogP contribution >= 0.6 is 34.5 Å². The molecule has 0 saturated carbocycles. The fourth-order valence-electron chi connectivity index (χ4n) is 2.43. The zero-order valence-electron chi connectivity index (χ0n) is 14.5. The minimum Gasteiger partial charge on any atom is -0.326 e. The van der Waals surface area contributed by atoms with Gasteiger partial charge in [0.05, 0.1) is 9.36 Å². The fourth-order valence-corrected chi connectivity index (χ4v) is 5.47. The molecule has 0 fully saturated rings. The molecule has 1 heterocycles. The highest BCUT2D eigenvalue weighted by Gasteiger charge is 2.24. The van der Waals surface area contributed by atoms with E-state index in [0.717, 1.165) is 4.88 Å². The molecule has 0 aliphatic carbocycles. The van der Waals surface area contributed by atoms with Crippen molar-refractivity contribution in [2.75, 3.05) is 18.4 Å². The van der Waals surface area contributed by atoms with Crippen molar-refractivity contribution in [2.45, 2.75) is 31.6 Å². The SMILES string of the molecule is CCN(CC)S(=O)(=O)c1cc(NC(=O)CCc2ccc(Cl)s2)ccc1Cl. The Labute approximate surface area is 168 Å². The number of nitrogens with one attached hydrogen (secondary N) is 1. The first-order valence-corrected chi connectivity index (χ1v) is 11.1. The first kappa shape index (κ1) is 21.2. The zero-order chi connectivity index (χ0) is 19.3. The van der Waals surface area contributed by atoms with E-state index in [1.807, 2.05) is 6.07 Å². The van der Waals surface area contributed by atoms with Gasteiger partial charge in [-0.1, -0.05) is 37.0 Å². The van der Waals surface area contributed by atoms with Gasteiger partial charge in [-0.3, -0.25) is 4.79 Å². The number of rotatable bonds is 8. The topological polar surface area (TPSA) is 66.5 Å². The standard InChI is InChI=1S/C17H20Cl2N2O3S2/c1-3-21(4-2)26(23,24)15-11-12(5-8-14(15)18)20-17(22)10-7-13-6-9-16(19)25-13/h5-6,8-9,11H,3-4,7,10H2,1-2H3,(H,20,22). The van der Waals surface area contributed by atoms with Crippen molar-refractivity contribution in [3.8, 4) is 0 Å². The minimum atomic E-state index is -3.71. The number of carbonyl (C=O) groups is 1. The predicted molar refractivity (Wildman–Crippen MR) is 108 cm³/mol. The van der Waals surface area contributed by atoms with Gasteiger partial charge in [0.2, 0.25) is 15.9 Å². The van der Waals surface area contributed by atoms with E-state index in [2.05, 4.69) is 5.32 Å². The van der Waals surface area contributed by atoms with Crippen LogP contribution in [0, 0.1) is 0 Å². The number of hydrogen-bond acceptors (Lipinski definition) is 4. The maximum Gasteiger partial charge on any atom is 0.244 e. The van der Waals surface area contributed by atoms with Crippen LogP contribution in [0.1, 0.15) is 25.1 Å². The highest BCUT2D eigenvalue weighted by atomic mass is 35.5. The van der Waals surface area contributed by atoms with E-state index in [1.165, 1.54) is 27.8 Å². The second-order valence-electron chi connectivity index (χ2n) is 5.49. The third-order valence-corrected chi connectivity index (χ3v) is 7.59. The summed E-state index contributed by atoms with van der Waals surface area (Å²) in [7, 11) is -3.71. The van der Waals surface area contributed by atoms with Gasteiger partial charge in [0.25, 0.3) is 0 Å². The molecule has 2 aromatic rings. The normalized spacial score (nSPS) is 11.7. The Bertz CT molecular complexity index is 878. The van der Waals surface area contributed by atoms with Crippen molar-refractivity contribution in [3.05, 3.63) is 44.6 Å². The van der Waals surface area contributed by atoms with E-state index >= 15 is 0 Å². The molecule has 0 aliphatic rings. The van der Waals surface area contributed by atoms with Gasteiger partial charge in [-0.2, -0.15) is 4.31 Å². The molecule has 0 radical (unpaired) electrons. The van der Waals surface area contributed by atoms with Crippen molar-refractivity contribution in [1.82, 2.24) is 4.31 Å². The molecule has 1 aromatic carbocycles. The summed E-state index contributed by atoms with van der Waals surface area (Å²) in [5.41, 5.74) is 0.398. The predicted octanol–water partition coefficient (Wildman–Crippen LogP) is 4.66. The molecule has 2 rings (SSSR count). The summed E-state index contributed by atoms with van der Waals surface area (Å²) in [4.78, 5) is 13.2. The second kappa shape index (κ2) is 9.19. The lowest BCUT2D eigenvalue weighted by Crippen LogP contribution is -2.30. The number of aryl methyl sites for hydroxylation is 1. The van der Waals surface area contributed by atoms with E-state index in [9.17, 15) is 13.2 Å². The second-order valence-corrected chi connectivity index (χ2v) is 9.60. The Morgan fingerprint density at radius 2 is 1.85 bits per heavy atom. The minimum absolute atomic E-state index is 0.00861. The molecule has 9 heteroatoms. The van der Waals surface area contributed by atoms with Crippen molar-refractivity contribution >= 4 is 56.2 Å². The number of hydrogen-bond donors (Lipinski definition) is 1. The van der Waals surface area contributed by atoms with Crippen molar-refractivity contribution in [3.63, 3.8) is 0 Å². The van der Waals surface area contributed by atoms with Crippen LogP contribution in [0.15, 0.2) is 35.2 Å². The molecule has 26 heavy (non-hydrogen) atoms. The highest BCUT2D eigenvalue weighted by molar-refractivity contribution is 7.89. The average molecular weight is 435 g/mol. The van der Waals surface area contributed by atoms with Crippen LogP contribution in [0.5, 0.6) is 0 Å². The summed E-state index contributed by atoms with van der Waals surface area (Å²) < 4.78 is 27.4. The Balaban J connectivity index is 2.12. The van der Waals surface area contributed by atoms with Gasteiger partial charge >= 0.3 is 0 Å². The third kappa shape index (κ3) is 5.20. The lowest BCUT2D eigenvalue weighted by atomic mass is 10.2. The summed E-state index contributed by atoms with van der Waals surface area (Å²) in [6, 6.07) is 8.15. The van der Waals surface area contributed by atoms with E-state index in [0.29, 0.717) is 29.5 Å². The van der Waals surface area contributed by atoms with Crippen LogP contribution in [0.3, 0.4) is 0 Å². The monoisotopic (exact) mass is 434 g/mol. The number of anilines is 1.